The first-order chi connectivity index (χ1) is 9.17. The average Bonchev–Trinajstić information content (AvgIpc) is 2.44. The maximum Gasteiger partial charge on any atom is 0.124 e. The van der Waals surface area contributed by atoms with E-state index in [2.05, 4.69) is 40.4 Å². The van der Waals surface area contributed by atoms with E-state index in [0.717, 1.165) is 21.3 Å². The number of halogens is 1. The average molecular weight is 321 g/mol. The van der Waals surface area contributed by atoms with Gasteiger partial charge in [0.05, 0.1) is 13.2 Å². The fourth-order valence-corrected chi connectivity index (χ4v) is 2.61. The number of rotatable bonds is 4. The molecule has 1 atom stereocenters. The summed E-state index contributed by atoms with van der Waals surface area (Å²) in [6.45, 7) is 2.06. The highest BCUT2D eigenvalue weighted by Crippen LogP contribution is 2.33. The number of methoxy groups -OCH3 is 1. The molecule has 19 heavy (non-hydrogen) atoms. The summed E-state index contributed by atoms with van der Waals surface area (Å²) >= 11 is 3.58. The summed E-state index contributed by atoms with van der Waals surface area (Å²) in [5.74, 6) is 6.57. The molecule has 4 heteroatoms. The van der Waals surface area contributed by atoms with Crippen molar-refractivity contribution in [3.05, 3.63) is 63.6 Å². The smallest absolute Gasteiger partial charge is 0.124 e. The van der Waals surface area contributed by atoms with E-state index in [1.807, 2.05) is 30.3 Å². The van der Waals surface area contributed by atoms with Crippen molar-refractivity contribution in [1.29, 1.82) is 0 Å². The first kappa shape index (κ1) is 14.1. The van der Waals surface area contributed by atoms with Crippen molar-refractivity contribution < 1.29 is 4.74 Å². The molecule has 0 aliphatic heterocycles. The van der Waals surface area contributed by atoms with Gasteiger partial charge in [-0.3, -0.25) is 5.84 Å². The molecule has 0 amide bonds. The van der Waals surface area contributed by atoms with Gasteiger partial charge in [0.1, 0.15) is 5.75 Å². The Morgan fingerprint density at radius 1 is 1.16 bits per heavy atom. The van der Waals surface area contributed by atoms with Gasteiger partial charge in [-0.05, 0) is 24.6 Å². The van der Waals surface area contributed by atoms with Crippen molar-refractivity contribution in [3.8, 4) is 5.75 Å². The molecule has 2 aromatic rings. The molecule has 100 valence electrons. The van der Waals surface area contributed by atoms with Gasteiger partial charge in [0, 0.05) is 10.0 Å². The molecule has 0 radical (unpaired) electrons. The Labute approximate surface area is 121 Å². The Hall–Kier alpha value is -1.36. The molecule has 2 rings (SSSR count). The lowest BCUT2D eigenvalue weighted by Gasteiger charge is -2.21. The summed E-state index contributed by atoms with van der Waals surface area (Å²) in [4.78, 5) is 0. The van der Waals surface area contributed by atoms with Crippen LogP contribution in [0.2, 0.25) is 0 Å². The Balaban J connectivity index is 2.53. The predicted octanol–water partition coefficient (Wildman–Crippen LogP) is 3.32. The van der Waals surface area contributed by atoms with Crippen LogP contribution in [-0.4, -0.2) is 7.11 Å². The predicted molar refractivity (Wildman–Crippen MR) is 81.0 cm³/mol. The zero-order chi connectivity index (χ0) is 13.8. The number of hydrogen-bond donors (Lipinski definition) is 2. The van der Waals surface area contributed by atoms with E-state index in [1.54, 1.807) is 7.11 Å². The molecule has 1 unspecified atom stereocenters. The summed E-state index contributed by atoms with van der Waals surface area (Å²) in [5, 5.41) is 0. The largest absolute Gasteiger partial charge is 0.496 e. The zero-order valence-electron chi connectivity index (χ0n) is 11.0. The van der Waals surface area contributed by atoms with Crippen LogP contribution in [0.1, 0.15) is 22.7 Å². The summed E-state index contributed by atoms with van der Waals surface area (Å²) in [6, 6.07) is 14.0. The number of nitrogens with two attached hydrogens (primary N) is 1. The minimum absolute atomic E-state index is 0.120. The molecule has 0 aliphatic rings. The highest BCUT2D eigenvalue weighted by Gasteiger charge is 2.18. The number of hydrazine groups is 1. The normalized spacial score (nSPS) is 12.2. The summed E-state index contributed by atoms with van der Waals surface area (Å²) in [5.41, 5.74) is 6.16. The molecule has 0 aromatic heterocycles. The van der Waals surface area contributed by atoms with Gasteiger partial charge < -0.3 is 4.74 Å². The standard InChI is InChI=1S/C15H17BrN2O/c1-10-7-8-13(16)12(9-10)15(18-17)11-5-3-4-6-14(11)19-2/h3-9,15,18H,17H2,1-2H3. The fraction of sp³-hybridized carbons (Fsp3) is 0.200. The third-order valence-electron chi connectivity index (χ3n) is 3.08. The van der Waals surface area contributed by atoms with Crippen molar-refractivity contribution >= 4 is 15.9 Å². The Morgan fingerprint density at radius 2 is 1.89 bits per heavy atom. The van der Waals surface area contributed by atoms with Crippen molar-refractivity contribution in [1.82, 2.24) is 5.43 Å². The highest BCUT2D eigenvalue weighted by molar-refractivity contribution is 9.10. The van der Waals surface area contributed by atoms with Gasteiger partial charge >= 0.3 is 0 Å². The van der Waals surface area contributed by atoms with Crippen LogP contribution in [0, 0.1) is 6.92 Å². The van der Waals surface area contributed by atoms with E-state index < -0.39 is 0 Å². The molecule has 0 aliphatic carbocycles. The molecule has 3 nitrogen and oxygen atoms in total. The zero-order valence-corrected chi connectivity index (χ0v) is 12.6. The molecule has 0 heterocycles. The molecule has 3 N–H and O–H groups in total. The van der Waals surface area contributed by atoms with Crippen molar-refractivity contribution in [2.75, 3.05) is 7.11 Å². The number of hydrogen-bond acceptors (Lipinski definition) is 3. The van der Waals surface area contributed by atoms with Gasteiger partial charge in [-0.2, -0.15) is 0 Å². The molecule has 0 spiro atoms. The number of para-hydroxylation sites is 1. The Bertz CT molecular complexity index is 572. The van der Waals surface area contributed by atoms with Gasteiger partial charge in [0.2, 0.25) is 0 Å². The molecule has 0 bridgehead atoms. The number of benzene rings is 2. The van der Waals surface area contributed by atoms with E-state index in [9.17, 15) is 0 Å². The van der Waals surface area contributed by atoms with Crippen LogP contribution in [0.3, 0.4) is 0 Å². The molecular weight excluding hydrogens is 304 g/mol. The molecule has 0 fully saturated rings. The lowest BCUT2D eigenvalue weighted by Crippen LogP contribution is -2.29. The van der Waals surface area contributed by atoms with Crippen LogP contribution in [-0.2, 0) is 0 Å². The van der Waals surface area contributed by atoms with Crippen molar-refractivity contribution in [2.24, 2.45) is 5.84 Å². The Kier molecular flexibility index (Phi) is 4.58. The molecule has 0 saturated carbocycles. The summed E-state index contributed by atoms with van der Waals surface area (Å²) in [6.07, 6.45) is 0. The van der Waals surface area contributed by atoms with E-state index in [4.69, 9.17) is 10.6 Å². The number of nitrogens with one attached hydrogen (secondary N) is 1. The van der Waals surface area contributed by atoms with Crippen LogP contribution in [0.25, 0.3) is 0 Å². The number of ether oxygens (including phenoxy) is 1. The van der Waals surface area contributed by atoms with Gasteiger partial charge in [-0.15, -0.1) is 0 Å². The van der Waals surface area contributed by atoms with Gasteiger partial charge in [0.25, 0.3) is 0 Å². The quantitative estimate of drug-likeness (QED) is 0.671. The first-order valence-electron chi connectivity index (χ1n) is 6.02. The second-order valence-electron chi connectivity index (χ2n) is 4.37. The number of aryl methyl sites for hydroxylation is 1. The van der Waals surface area contributed by atoms with Crippen LogP contribution >= 0.6 is 15.9 Å². The van der Waals surface area contributed by atoms with Crippen LogP contribution in [0.5, 0.6) is 5.75 Å². The van der Waals surface area contributed by atoms with Gasteiger partial charge in [-0.1, -0.05) is 51.8 Å². The lowest BCUT2D eigenvalue weighted by atomic mass is 9.97. The maximum atomic E-state index is 5.75. The monoisotopic (exact) mass is 320 g/mol. The second kappa shape index (κ2) is 6.19. The Morgan fingerprint density at radius 3 is 2.58 bits per heavy atom. The third-order valence-corrected chi connectivity index (χ3v) is 3.80. The molecule has 2 aromatic carbocycles. The van der Waals surface area contributed by atoms with Crippen molar-refractivity contribution in [3.63, 3.8) is 0 Å². The third kappa shape index (κ3) is 2.97. The van der Waals surface area contributed by atoms with Crippen LogP contribution in [0.15, 0.2) is 46.9 Å². The first-order valence-corrected chi connectivity index (χ1v) is 6.81. The lowest BCUT2D eigenvalue weighted by molar-refractivity contribution is 0.404. The van der Waals surface area contributed by atoms with Crippen LogP contribution < -0.4 is 16.0 Å². The van der Waals surface area contributed by atoms with Gasteiger partial charge in [-0.25, -0.2) is 5.43 Å². The summed E-state index contributed by atoms with van der Waals surface area (Å²) < 4.78 is 6.43. The minimum Gasteiger partial charge on any atom is -0.496 e. The van der Waals surface area contributed by atoms with Crippen LogP contribution in [0.4, 0.5) is 0 Å². The molecular formula is C15H17BrN2O. The second-order valence-corrected chi connectivity index (χ2v) is 5.22. The SMILES string of the molecule is COc1ccccc1C(NN)c1cc(C)ccc1Br. The topological polar surface area (TPSA) is 47.3 Å². The summed E-state index contributed by atoms with van der Waals surface area (Å²) in [7, 11) is 1.66. The maximum absolute atomic E-state index is 5.75. The van der Waals surface area contributed by atoms with Gasteiger partial charge in [0.15, 0.2) is 0 Å². The van der Waals surface area contributed by atoms with E-state index in [1.165, 1.54) is 5.56 Å². The van der Waals surface area contributed by atoms with E-state index in [0.29, 0.717) is 0 Å². The molecule has 0 saturated heterocycles. The van der Waals surface area contributed by atoms with Crippen molar-refractivity contribution in [2.45, 2.75) is 13.0 Å². The highest BCUT2D eigenvalue weighted by atomic mass is 79.9. The van der Waals surface area contributed by atoms with E-state index >= 15 is 0 Å². The minimum atomic E-state index is -0.120. The fourth-order valence-electron chi connectivity index (χ4n) is 2.14. The van der Waals surface area contributed by atoms with E-state index in [-0.39, 0.29) is 6.04 Å².